The maximum Gasteiger partial charge on any atom is 0.0462 e. The van der Waals surface area contributed by atoms with Crippen LogP contribution in [0.1, 0.15) is 58.8 Å². The van der Waals surface area contributed by atoms with Gasteiger partial charge in [-0.3, -0.25) is 0 Å². The highest BCUT2D eigenvalue weighted by Gasteiger charge is 2.04. The van der Waals surface area contributed by atoms with E-state index >= 15 is 0 Å². The summed E-state index contributed by atoms with van der Waals surface area (Å²) in [5.41, 5.74) is 0. The van der Waals surface area contributed by atoms with Crippen LogP contribution >= 0.6 is 0 Å². The van der Waals surface area contributed by atoms with E-state index in [9.17, 15) is 0 Å². The number of unbranched alkanes of at least 4 members (excludes halogenated alkanes) is 3. The molecule has 0 heterocycles. The van der Waals surface area contributed by atoms with E-state index in [0.717, 1.165) is 19.2 Å². The molecule has 2 nitrogen and oxygen atoms in total. The lowest BCUT2D eigenvalue weighted by Gasteiger charge is -2.16. The number of ether oxygens (including phenoxy) is 1. The van der Waals surface area contributed by atoms with Crippen molar-refractivity contribution in [3.8, 4) is 0 Å². The summed E-state index contributed by atoms with van der Waals surface area (Å²) in [6, 6.07) is 0.752. The lowest BCUT2D eigenvalue weighted by Crippen LogP contribution is -2.28. The molecule has 92 valence electrons. The monoisotopic (exact) mass is 215 g/mol. The second-order valence-corrected chi connectivity index (χ2v) is 4.24. The maximum atomic E-state index is 5.03. The van der Waals surface area contributed by atoms with Crippen molar-refractivity contribution < 1.29 is 4.74 Å². The summed E-state index contributed by atoms with van der Waals surface area (Å²) in [4.78, 5) is 0. The van der Waals surface area contributed by atoms with Gasteiger partial charge < -0.3 is 10.1 Å². The van der Waals surface area contributed by atoms with E-state index in [1.807, 2.05) is 0 Å². The predicted molar refractivity (Wildman–Crippen MR) is 67.3 cm³/mol. The topological polar surface area (TPSA) is 21.3 Å². The molecule has 15 heavy (non-hydrogen) atoms. The zero-order valence-electron chi connectivity index (χ0n) is 10.8. The number of hydrogen-bond donors (Lipinski definition) is 1. The number of hydrogen-bond acceptors (Lipinski definition) is 2. The molecule has 0 saturated carbocycles. The van der Waals surface area contributed by atoms with E-state index in [-0.39, 0.29) is 0 Å². The van der Waals surface area contributed by atoms with Crippen LogP contribution < -0.4 is 5.32 Å². The summed E-state index contributed by atoms with van der Waals surface area (Å²) in [7, 11) is 1.78. The van der Waals surface area contributed by atoms with Gasteiger partial charge >= 0.3 is 0 Å². The van der Waals surface area contributed by atoms with Crippen LogP contribution in [0.3, 0.4) is 0 Å². The quantitative estimate of drug-likeness (QED) is 0.534. The van der Waals surface area contributed by atoms with E-state index in [4.69, 9.17) is 4.74 Å². The van der Waals surface area contributed by atoms with Gasteiger partial charge in [0, 0.05) is 19.8 Å². The van der Waals surface area contributed by atoms with E-state index in [1.54, 1.807) is 7.11 Å². The fourth-order valence-electron chi connectivity index (χ4n) is 1.98. The fraction of sp³-hybridized carbons (Fsp3) is 1.00. The molecule has 0 aromatic rings. The summed E-state index contributed by atoms with van der Waals surface area (Å²) in [6.07, 6.45) is 9.22. The molecule has 0 aromatic heterocycles. The molecule has 0 fully saturated rings. The van der Waals surface area contributed by atoms with E-state index in [0.29, 0.717) is 0 Å². The first-order chi connectivity index (χ1) is 7.35. The Balaban J connectivity index is 3.28. The Labute approximate surface area is 95.8 Å². The zero-order valence-corrected chi connectivity index (χ0v) is 10.8. The van der Waals surface area contributed by atoms with Gasteiger partial charge in [0.15, 0.2) is 0 Å². The average Bonchev–Trinajstić information content (AvgIpc) is 2.24. The molecule has 0 radical (unpaired) electrons. The number of nitrogens with one attached hydrogen (secondary N) is 1. The average molecular weight is 215 g/mol. The smallest absolute Gasteiger partial charge is 0.0462 e. The first kappa shape index (κ1) is 14.9. The second kappa shape index (κ2) is 12.0. The van der Waals surface area contributed by atoms with Gasteiger partial charge in [-0.2, -0.15) is 0 Å². The van der Waals surface area contributed by atoms with Gasteiger partial charge in [0.25, 0.3) is 0 Å². The van der Waals surface area contributed by atoms with E-state index in [1.165, 1.54) is 44.9 Å². The van der Waals surface area contributed by atoms with Gasteiger partial charge in [0.2, 0.25) is 0 Å². The summed E-state index contributed by atoms with van der Waals surface area (Å²) in [6.45, 7) is 6.49. The van der Waals surface area contributed by atoms with Crippen LogP contribution in [-0.2, 0) is 4.74 Å². The molecule has 0 saturated heterocycles. The van der Waals surface area contributed by atoms with Gasteiger partial charge in [0.05, 0.1) is 0 Å². The van der Waals surface area contributed by atoms with Gasteiger partial charge in [-0.25, -0.2) is 0 Å². The molecule has 0 aliphatic heterocycles. The Morgan fingerprint density at radius 2 is 1.73 bits per heavy atom. The molecule has 1 unspecified atom stereocenters. The highest BCUT2D eigenvalue weighted by atomic mass is 16.5. The van der Waals surface area contributed by atoms with Crippen molar-refractivity contribution in [2.75, 3.05) is 20.3 Å². The Hall–Kier alpha value is -0.0800. The maximum absolute atomic E-state index is 5.03. The lowest BCUT2D eigenvalue weighted by atomic mass is 10.0. The normalized spacial score (nSPS) is 13.0. The van der Waals surface area contributed by atoms with Gasteiger partial charge in [-0.05, 0) is 25.8 Å². The molecular formula is C13H29NO. The van der Waals surface area contributed by atoms with Crippen molar-refractivity contribution in [2.45, 2.75) is 64.8 Å². The Kier molecular flexibility index (Phi) is 11.9. The molecular weight excluding hydrogens is 186 g/mol. The number of methoxy groups -OCH3 is 1. The molecule has 0 aliphatic rings. The van der Waals surface area contributed by atoms with Crippen LogP contribution in [0.4, 0.5) is 0 Å². The molecule has 1 atom stereocenters. The van der Waals surface area contributed by atoms with Crippen LogP contribution in [0.2, 0.25) is 0 Å². The third-order valence-corrected chi connectivity index (χ3v) is 2.78. The first-order valence-electron chi connectivity index (χ1n) is 6.57. The minimum atomic E-state index is 0.752. The number of rotatable bonds is 11. The minimum Gasteiger partial charge on any atom is -0.385 e. The molecule has 0 aliphatic carbocycles. The molecule has 0 spiro atoms. The molecule has 0 aromatic carbocycles. The third-order valence-electron chi connectivity index (χ3n) is 2.78. The fourth-order valence-corrected chi connectivity index (χ4v) is 1.98. The van der Waals surface area contributed by atoms with Crippen molar-refractivity contribution in [3.63, 3.8) is 0 Å². The largest absolute Gasteiger partial charge is 0.385 e. The van der Waals surface area contributed by atoms with Crippen LogP contribution in [-0.4, -0.2) is 26.3 Å². The zero-order chi connectivity index (χ0) is 11.4. The summed E-state index contributed by atoms with van der Waals surface area (Å²) >= 11 is 0. The van der Waals surface area contributed by atoms with Crippen LogP contribution in [0.5, 0.6) is 0 Å². The second-order valence-electron chi connectivity index (χ2n) is 4.24. The highest BCUT2D eigenvalue weighted by Crippen LogP contribution is 2.09. The molecule has 0 rings (SSSR count). The summed E-state index contributed by atoms with van der Waals surface area (Å²) in [5, 5.41) is 3.56. The molecule has 2 heteroatoms. The lowest BCUT2D eigenvalue weighted by molar-refractivity contribution is 0.191. The van der Waals surface area contributed by atoms with Crippen molar-refractivity contribution in [3.05, 3.63) is 0 Å². The van der Waals surface area contributed by atoms with Crippen molar-refractivity contribution in [1.82, 2.24) is 5.32 Å². The van der Waals surface area contributed by atoms with E-state index < -0.39 is 0 Å². The van der Waals surface area contributed by atoms with Gasteiger partial charge in [0.1, 0.15) is 0 Å². The SMILES string of the molecule is CCCC(CCCCCCOC)NCC. The Morgan fingerprint density at radius 3 is 2.33 bits per heavy atom. The van der Waals surface area contributed by atoms with Gasteiger partial charge in [-0.1, -0.05) is 39.5 Å². The highest BCUT2D eigenvalue weighted by molar-refractivity contribution is 4.65. The van der Waals surface area contributed by atoms with Gasteiger partial charge in [-0.15, -0.1) is 0 Å². The molecule has 1 N–H and O–H groups in total. The van der Waals surface area contributed by atoms with Crippen LogP contribution in [0.25, 0.3) is 0 Å². The molecule has 0 bridgehead atoms. The van der Waals surface area contributed by atoms with Crippen molar-refractivity contribution >= 4 is 0 Å². The summed E-state index contributed by atoms with van der Waals surface area (Å²) < 4.78 is 5.03. The van der Waals surface area contributed by atoms with Crippen LogP contribution in [0, 0.1) is 0 Å². The third kappa shape index (κ3) is 10.2. The predicted octanol–water partition coefficient (Wildman–Crippen LogP) is 3.36. The standard InChI is InChI=1S/C13H29NO/c1-4-10-13(14-5-2)11-8-6-7-9-12-15-3/h13-14H,4-12H2,1-3H3. The van der Waals surface area contributed by atoms with Crippen molar-refractivity contribution in [1.29, 1.82) is 0 Å². The van der Waals surface area contributed by atoms with E-state index in [2.05, 4.69) is 19.2 Å². The first-order valence-corrected chi connectivity index (χ1v) is 6.57. The van der Waals surface area contributed by atoms with Crippen LogP contribution in [0.15, 0.2) is 0 Å². The van der Waals surface area contributed by atoms with Crippen molar-refractivity contribution in [2.24, 2.45) is 0 Å². The Morgan fingerprint density at radius 1 is 1.00 bits per heavy atom. The molecule has 0 amide bonds. The minimum absolute atomic E-state index is 0.752. The Bertz CT molecular complexity index is 111. The summed E-state index contributed by atoms with van der Waals surface area (Å²) in [5.74, 6) is 0.